The van der Waals surface area contributed by atoms with Gasteiger partial charge in [-0.05, 0) is 43.4 Å². The van der Waals surface area contributed by atoms with Crippen LogP contribution in [0.15, 0.2) is 28.7 Å². The van der Waals surface area contributed by atoms with Crippen molar-refractivity contribution in [3.8, 4) is 0 Å². The molecular weight excluding hydrogens is 330 g/mol. The maximum Gasteiger partial charge on any atom is 0.216 e. The fourth-order valence-electron chi connectivity index (χ4n) is 2.29. The molecule has 0 amide bonds. The van der Waals surface area contributed by atoms with Crippen molar-refractivity contribution in [1.29, 1.82) is 0 Å². The Morgan fingerprint density at radius 2 is 1.74 bits per heavy atom. The first-order chi connectivity index (χ1) is 8.94. The first-order valence-electron chi connectivity index (χ1n) is 6.37. The highest BCUT2D eigenvalue weighted by Gasteiger charge is 2.23. The van der Waals surface area contributed by atoms with Gasteiger partial charge in [-0.1, -0.05) is 28.1 Å². The van der Waals surface area contributed by atoms with Gasteiger partial charge in [0.1, 0.15) is 0 Å². The molecule has 4 nitrogen and oxygen atoms in total. The van der Waals surface area contributed by atoms with Crippen LogP contribution in [0.1, 0.15) is 31.2 Å². The van der Waals surface area contributed by atoms with Crippen LogP contribution >= 0.6 is 15.9 Å². The van der Waals surface area contributed by atoms with E-state index in [1.807, 2.05) is 12.1 Å². The zero-order valence-corrected chi connectivity index (χ0v) is 13.0. The molecule has 1 aromatic carbocycles. The predicted octanol–water partition coefficient (Wildman–Crippen LogP) is 2.17. The lowest BCUT2D eigenvalue weighted by atomic mass is 9.94. The summed E-state index contributed by atoms with van der Waals surface area (Å²) in [5.74, 6) is -0.000661. The van der Waals surface area contributed by atoms with Crippen molar-refractivity contribution < 1.29 is 13.5 Å². The van der Waals surface area contributed by atoms with Gasteiger partial charge in [0.05, 0.1) is 11.9 Å². The second-order valence-corrected chi connectivity index (χ2v) is 7.68. The average Bonchev–Trinajstić information content (AvgIpc) is 2.34. The number of benzene rings is 1. The third kappa shape index (κ3) is 4.87. The van der Waals surface area contributed by atoms with Crippen LogP contribution in [0.25, 0.3) is 0 Å². The molecule has 1 saturated carbocycles. The van der Waals surface area contributed by atoms with Crippen LogP contribution in [0.5, 0.6) is 0 Å². The van der Waals surface area contributed by atoms with E-state index in [-0.39, 0.29) is 17.9 Å². The van der Waals surface area contributed by atoms with Gasteiger partial charge < -0.3 is 5.11 Å². The molecule has 0 saturated heterocycles. The maximum atomic E-state index is 12.0. The van der Waals surface area contributed by atoms with E-state index in [2.05, 4.69) is 20.7 Å². The lowest BCUT2D eigenvalue weighted by Gasteiger charge is -2.25. The van der Waals surface area contributed by atoms with Gasteiger partial charge in [-0.25, -0.2) is 13.1 Å². The van der Waals surface area contributed by atoms with Gasteiger partial charge in [0.2, 0.25) is 10.0 Å². The SMILES string of the molecule is O=S(=O)(Cc1ccc(Br)cc1)NC1CCC(O)CC1. The molecule has 1 aromatic rings. The summed E-state index contributed by atoms with van der Waals surface area (Å²) in [6, 6.07) is 7.23. The van der Waals surface area contributed by atoms with E-state index in [1.165, 1.54) is 0 Å². The third-order valence-electron chi connectivity index (χ3n) is 3.31. The molecule has 0 heterocycles. The molecule has 0 aliphatic heterocycles. The number of hydrogen-bond donors (Lipinski definition) is 2. The van der Waals surface area contributed by atoms with Crippen molar-refractivity contribution in [3.63, 3.8) is 0 Å². The van der Waals surface area contributed by atoms with Crippen molar-refractivity contribution >= 4 is 26.0 Å². The Labute approximate surface area is 122 Å². The summed E-state index contributed by atoms with van der Waals surface area (Å²) in [5, 5.41) is 9.40. The van der Waals surface area contributed by atoms with Crippen LogP contribution < -0.4 is 4.72 Å². The Kier molecular flexibility index (Phi) is 5.00. The highest BCUT2D eigenvalue weighted by Crippen LogP contribution is 2.20. The summed E-state index contributed by atoms with van der Waals surface area (Å²) in [5.41, 5.74) is 0.770. The molecule has 2 N–H and O–H groups in total. The molecule has 19 heavy (non-hydrogen) atoms. The van der Waals surface area contributed by atoms with Crippen LogP contribution in [0.4, 0.5) is 0 Å². The van der Waals surface area contributed by atoms with Gasteiger partial charge in [-0.3, -0.25) is 0 Å². The molecule has 1 fully saturated rings. The Morgan fingerprint density at radius 1 is 1.16 bits per heavy atom. The summed E-state index contributed by atoms with van der Waals surface area (Å²) in [6.45, 7) is 0. The van der Waals surface area contributed by atoms with E-state index in [0.29, 0.717) is 25.7 Å². The number of rotatable bonds is 4. The number of aliphatic hydroxyl groups excluding tert-OH is 1. The highest BCUT2D eigenvalue weighted by molar-refractivity contribution is 9.10. The molecule has 6 heteroatoms. The fourth-order valence-corrected chi connectivity index (χ4v) is 4.01. The Morgan fingerprint density at radius 3 is 2.32 bits per heavy atom. The van der Waals surface area contributed by atoms with E-state index in [9.17, 15) is 13.5 Å². The van der Waals surface area contributed by atoms with Crippen LogP contribution in [0.3, 0.4) is 0 Å². The Balaban J connectivity index is 1.93. The summed E-state index contributed by atoms with van der Waals surface area (Å²) in [6.07, 6.45) is 2.49. The number of halogens is 1. The molecule has 0 atom stereocenters. The van der Waals surface area contributed by atoms with Crippen LogP contribution in [-0.2, 0) is 15.8 Å². The van der Waals surface area contributed by atoms with Gasteiger partial charge in [0.15, 0.2) is 0 Å². The normalized spacial score (nSPS) is 24.3. The van der Waals surface area contributed by atoms with Gasteiger partial charge in [0.25, 0.3) is 0 Å². The summed E-state index contributed by atoms with van der Waals surface area (Å²) in [7, 11) is -3.31. The van der Waals surface area contributed by atoms with Gasteiger partial charge in [-0.15, -0.1) is 0 Å². The summed E-state index contributed by atoms with van der Waals surface area (Å²) in [4.78, 5) is 0. The second kappa shape index (κ2) is 6.35. The van der Waals surface area contributed by atoms with E-state index in [0.717, 1.165) is 10.0 Å². The lowest BCUT2D eigenvalue weighted by Crippen LogP contribution is -2.39. The smallest absolute Gasteiger partial charge is 0.216 e. The molecule has 1 aliphatic rings. The number of sulfonamides is 1. The molecule has 0 unspecified atom stereocenters. The summed E-state index contributed by atoms with van der Waals surface area (Å²) < 4.78 is 27.8. The van der Waals surface area contributed by atoms with Crippen molar-refractivity contribution in [1.82, 2.24) is 4.72 Å². The lowest BCUT2D eigenvalue weighted by molar-refractivity contribution is 0.120. The predicted molar refractivity (Wildman–Crippen MR) is 78.2 cm³/mol. The maximum absolute atomic E-state index is 12.0. The third-order valence-corrected chi connectivity index (χ3v) is 5.25. The Hall–Kier alpha value is -0.430. The molecule has 1 aliphatic carbocycles. The van der Waals surface area contributed by atoms with Crippen molar-refractivity contribution in [2.75, 3.05) is 0 Å². The first kappa shape index (κ1) is 15.0. The van der Waals surface area contributed by atoms with Crippen molar-refractivity contribution in [2.45, 2.75) is 43.6 Å². The topological polar surface area (TPSA) is 66.4 Å². The fraction of sp³-hybridized carbons (Fsp3) is 0.538. The molecular formula is C13H18BrNO3S. The molecule has 2 rings (SSSR count). The largest absolute Gasteiger partial charge is 0.393 e. The minimum atomic E-state index is -3.31. The quantitative estimate of drug-likeness (QED) is 0.877. The zero-order valence-electron chi connectivity index (χ0n) is 10.5. The van der Waals surface area contributed by atoms with Gasteiger partial charge in [0, 0.05) is 10.5 Å². The van der Waals surface area contributed by atoms with E-state index >= 15 is 0 Å². The molecule has 0 aromatic heterocycles. The standard InChI is InChI=1S/C13H18BrNO3S/c14-11-3-1-10(2-4-11)9-19(17,18)15-12-5-7-13(16)8-6-12/h1-4,12-13,15-16H,5-9H2. The summed E-state index contributed by atoms with van der Waals surface area (Å²) >= 11 is 3.32. The Bertz CT molecular complexity index is 507. The first-order valence-corrected chi connectivity index (χ1v) is 8.82. The second-order valence-electron chi connectivity index (χ2n) is 5.01. The van der Waals surface area contributed by atoms with E-state index in [1.54, 1.807) is 12.1 Å². The number of hydrogen-bond acceptors (Lipinski definition) is 3. The number of aliphatic hydroxyl groups is 1. The van der Waals surface area contributed by atoms with E-state index in [4.69, 9.17) is 0 Å². The van der Waals surface area contributed by atoms with Crippen LogP contribution in [0.2, 0.25) is 0 Å². The van der Waals surface area contributed by atoms with Crippen molar-refractivity contribution in [2.24, 2.45) is 0 Å². The average molecular weight is 348 g/mol. The van der Waals surface area contributed by atoms with Crippen LogP contribution in [-0.4, -0.2) is 25.7 Å². The molecule has 0 radical (unpaired) electrons. The van der Waals surface area contributed by atoms with Gasteiger partial charge >= 0.3 is 0 Å². The highest BCUT2D eigenvalue weighted by atomic mass is 79.9. The monoisotopic (exact) mass is 347 g/mol. The van der Waals surface area contributed by atoms with E-state index < -0.39 is 10.0 Å². The van der Waals surface area contributed by atoms with Crippen LogP contribution in [0, 0.1) is 0 Å². The molecule has 0 spiro atoms. The minimum Gasteiger partial charge on any atom is -0.393 e. The molecule has 106 valence electrons. The van der Waals surface area contributed by atoms with Gasteiger partial charge in [-0.2, -0.15) is 0 Å². The molecule has 0 bridgehead atoms. The minimum absolute atomic E-state index is 0.000661. The number of nitrogens with one attached hydrogen (secondary N) is 1. The zero-order chi connectivity index (χ0) is 13.9. The van der Waals surface area contributed by atoms with Crippen molar-refractivity contribution in [3.05, 3.63) is 34.3 Å².